The normalized spacial score (nSPS) is 11.0. The predicted molar refractivity (Wildman–Crippen MR) is 115 cm³/mol. The molecule has 0 radical (unpaired) electrons. The van der Waals surface area contributed by atoms with Gasteiger partial charge in [0.05, 0.1) is 22.3 Å². The first-order chi connectivity index (χ1) is 13.2. The third-order valence-corrected chi connectivity index (χ3v) is 6.99. The summed E-state index contributed by atoms with van der Waals surface area (Å²) < 4.78 is 2.00. The van der Waals surface area contributed by atoms with Crippen molar-refractivity contribution in [2.24, 2.45) is 0 Å². The van der Waals surface area contributed by atoms with Gasteiger partial charge < -0.3 is 5.32 Å². The molecule has 4 aromatic rings. The molecule has 0 aliphatic rings. The number of fused-ring (bicyclic) bond motifs is 1. The fourth-order valence-electron chi connectivity index (χ4n) is 2.46. The maximum absolute atomic E-state index is 12.3. The minimum absolute atomic E-state index is 0.106. The zero-order valence-corrected chi connectivity index (χ0v) is 17.2. The average Bonchev–Trinajstić information content (AvgIpc) is 3.26. The van der Waals surface area contributed by atoms with Crippen molar-refractivity contribution in [2.45, 2.75) is 16.5 Å². The molecule has 0 saturated carbocycles. The van der Waals surface area contributed by atoms with Crippen LogP contribution in [0.15, 0.2) is 58.3 Å². The molecule has 0 spiro atoms. The maximum Gasteiger partial charge on any atom is 0.232 e. The Balaban J connectivity index is 1.33. The molecule has 8 heteroatoms. The van der Waals surface area contributed by atoms with E-state index < -0.39 is 0 Å². The third-order valence-electron chi connectivity index (χ3n) is 3.66. The molecular weight excluding hydrogens is 418 g/mol. The number of carbonyl (C=O) groups is 1. The highest BCUT2D eigenvalue weighted by Crippen LogP contribution is 2.28. The monoisotopic (exact) mass is 431 g/mol. The number of rotatable bonds is 6. The van der Waals surface area contributed by atoms with E-state index in [1.807, 2.05) is 53.9 Å². The molecule has 0 aliphatic heterocycles. The minimum Gasteiger partial charge on any atom is -0.302 e. The Bertz CT molecular complexity index is 1060. The first-order valence-corrected chi connectivity index (χ1v) is 11.2. The summed E-state index contributed by atoms with van der Waals surface area (Å²) in [4.78, 5) is 21.2. The zero-order valence-electron chi connectivity index (χ0n) is 14.0. The van der Waals surface area contributed by atoms with E-state index in [2.05, 4.69) is 15.3 Å². The van der Waals surface area contributed by atoms with Gasteiger partial charge in [0, 0.05) is 16.2 Å². The van der Waals surface area contributed by atoms with Crippen molar-refractivity contribution in [3.05, 3.63) is 70.2 Å². The summed E-state index contributed by atoms with van der Waals surface area (Å²) in [6, 6.07) is 15.6. The highest BCUT2D eigenvalue weighted by atomic mass is 35.5. The summed E-state index contributed by atoms with van der Waals surface area (Å²) in [6.07, 6.45) is 0.240. The molecule has 0 unspecified atom stereocenters. The SMILES string of the molecule is O=C(Cc1csc(SCc2cccc(Cl)c2)n1)Nc1nc2ccccc2s1. The van der Waals surface area contributed by atoms with Gasteiger partial charge in [0.25, 0.3) is 0 Å². The maximum atomic E-state index is 12.3. The van der Waals surface area contributed by atoms with E-state index in [1.54, 1.807) is 23.1 Å². The first kappa shape index (κ1) is 18.4. The van der Waals surface area contributed by atoms with E-state index in [-0.39, 0.29) is 12.3 Å². The highest BCUT2D eigenvalue weighted by molar-refractivity contribution is 8.00. The van der Waals surface area contributed by atoms with E-state index in [9.17, 15) is 4.79 Å². The molecule has 0 atom stereocenters. The number of para-hydroxylation sites is 1. The van der Waals surface area contributed by atoms with Crippen LogP contribution in [0.2, 0.25) is 5.02 Å². The van der Waals surface area contributed by atoms with Crippen molar-refractivity contribution < 1.29 is 4.79 Å². The molecule has 136 valence electrons. The lowest BCUT2D eigenvalue weighted by molar-refractivity contribution is -0.115. The molecule has 0 fully saturated rings. The van der Waals surface area contributed by atoms with Crippen LogP contribution in [0.25, 0.3) is 10.2 Å². The lowest BCUT2D eigenvalue weighted by Gasteiger charge is -2.00. The fraction of sp³-hybridized carbons (Fsp3) is 0.105. The number of nitrogens with zero attached hydrogens (tertiary/aromatic N) is 2. The van der Waals surface area contributed by atoms with E-state index in [4.69, 9.17) is 11.6 Å². The second-order valence-electron chi connectivity index (χ2n) is 5.74. The van der Waals surface area contributed by atoms with E-state index in [0.29, 0.717) is 5.13 Å². The largest absolute Gasteiger partial charge is 0.302 e. The Morgan fingerprint density at radius 3 is 2.89 bits per heavy atom. The van der Waals surface area contributed by atoms with Gasteiger partial charge in [0.15, 0.2) is 5.13 Å². The van der Waals surface area contributed by atoms with Crippen LogP contribution in [0.1, 0.15) is 11.3 Å². The number of anilines is 1. The molecule has 0 aliphatic carbocycles. The first-order valence-electron chi connectivity index (χ1n) is 8.13. The molecule has 1 N–H and O–H groups in total. The average molecular weight is 432 g/mol. The van der Waals surface area contributed by atoms with Crippen LogP contribution in [0, 0.1) is 0 Å². The van der Waals surface area contributed by atoms with Gasteiger partial charge in [-0.15, -0.1) is 11.3 Å². The Hall–Kier alpha value is -1.93. The van der Waals surface area contributed by atoms with Gasteiger partial charge in [0.2, 0.25) is 5.91 Å². The summed E-state index contributed by atoms with van der Waals surface area (Å²) in [5.74, 6) is 0.691. The number of halogens is 1. The van der Waals surface area contributed by atoms with Crippen molar-refractivity contribution in [1.82, 2.24) is 9.97 Å². The van der Waals surface area contributed by atoms with Crippen LogP contribution in [-0.4, -0.2) is 15.9 Å². The molecule has 2 heterocycles. The highest BCUT2D eigenvalue weighted by Gasteiger charge is 2.11. The Morgan fingerprint density at radius 2 is 2.04 bits per heavy atom. The number of nitrogens with one attached hydrogen (secondary N) is 1. The number of hydrogen-bond acceptors (Lipinski definition) is 6. The van der Waals surface area contributed by atoms with Crippen molar-refractivity contribution >= 4 is 67.3 Å². The van der Waals surface area contributed by atoms with E-state index >= 15 is 0 Å². The number of hydrogen-bond donors (Lipinski definition) is 1. The van der Waals surface area contributed by atoms with Crippen LogP contribution in [0.4, 0.5) is 5.13 Å². The molecule has 0 bridgehead atoms. The summed E-state index contributed by atoms with van der Waals surface area (Å²) >= 11 is 10.7. The van der Waals surface area contributed by atoms with Crippen LogP contribution >= 0.6 is 46.0 Å². The molecular formula is C19H14ClN3OS3. The number of thioether (sulfide) groups is 1. The van der Waals surface area contributed by atoms with Crippen molar-refractivity contribution in [2.75, 3.05) is 5.32 Å². The third kappa shape index (κ3) is 4.87. The quantitative estimate of drug-likeness (QED) is 0.387. The van der Waals surface area contributed by atoms with Gasteiger partial charge in [-0.2, -0.15) is 0 Å². The molecule has 1 amide bonds. The van der Waals surface area contributed by atoms with Gasteiger partial charge in [-0.25, -0.2) is 9.97 Å². The van der Waals surface area contributed by atoms with Crippen molar-refractivity contribution in [3.8, 4) is 0 Å². The fourth-order valence-corrected chi connectivity index (χ4v) is 5.34. The molecule has 2 aromatic carbocycles. The smallest absolute Gasteiger partial charge is 0.232 e. The van der Waals surface area contributed by atoms with Crippen molar-refractivity contribution in [3.63, 3.8) is 0 Å². The number of amides is 1. The zero-order chi connectivity index (χ0) is 18.6. The Morgan fingerprint density at radius 1 is 1.15 bits per heavy atom. The second-order valence-corrected chi connectivity index (χ2v) is 9.28. The molecule has 4 rings (SSSR count). The standard InChI is InChI=1S/C19H14ClN3OS3/c20-13-5-3-4-12(8-13)10-25-19-21-14(11-26-19)9-17(24)23-18-22-15-6-1-2-7-16(15)27-18/h1-8,11H,9-10H2,(H,22,23,24). The molecule has 0 saturated heterocycles. The summed E-state index contributed by atoms with van der Waals surface area (Å²) in [7, 11) is 0. The van der Waals surface area contributed by atoms with Gasteiger partial charge in [-0.3, -0.25) is 4.79 Å². The van der Waals surface area contributed by atoms with Gasteiger partial charge in [0.1, 0.15) is 4.34 Å². The second kappa shape index (κ2) is 8.39. The van der Waals surface area contributed by atoms with Gasteiger partial charge >= 0.3 is 0 Å². The minimum atomic E-state index is -0.106. The predicted octanol–water partition coefficient (Wildman–Crippen LogP) is 5.88. The van der Waals surface area contributed by atoms with Crippen LogP contribution in [0.5, 0.6) is 0 Å². The van der Waals surface area contributed by atoms with Crippen LogP contribution in [-0.2, 0) is 17.0 Å². The van der Waals surface area contributed by atoms with E-state index in [1.165, 1.54) is 11.3 Å². The number of aromatic nitrogens is 2. The Labute approximate surface area is 173 Å². The lowest BCUT2D eigenvalue weighted by Crippen LogP contribution is -2.14. The Kier molecular flexibility index (Phi) is 5.73. The summed E-state index contributed by atoms with van der Waals surface area (Å²) in [6.45, 7) is 0. The molecule has 4 nitrogen and oxygen atoms in total. The van der Waals surface area contributed by atoms with Gasteiger partial charge in [-0.05, 0) is 29.8 Å². The number of benzene rings is 2. The number of thiazole rings is 2. The lowest BCUT2D eigenvalue weighted by atomic mass is 10.2. The topological polar surface area (TPSA) is 54.9 Å². The van der Waals surface area contributed by atoms with Gasteiger partial charge in [-0.1, -0.05) is 59.0 Å². The van der Waals surface area contributed by atoms with E-state index in [0.717, 1.165) is 36.6 Å². The van der Waals surface area contributed by atoms with Crippen LogP contribution in [0.3, 0.4) is 0 Å². The number of carbonyl (C=O) groups excluding carboxylic acids is 1. The molecule has 27 heavy (non-hydrogen) atoms. The van der Waals surface area contributed by atoms with Crippen LogP contribution < -0.4 is 5.32 Å². The van der Waals surface area contributed by atoms with Crippen molar-refractivity contribution in [1.29, 1.82) is 0 Å². The molecule has 2 aromatic heterocycles. The summed E-state index contributed by atoms with van der Waals surface area (Å²) in [5, 5.41) is 6.15. The summed E-state index contributed by atoms with van der Waals surface area (Å²) in [5.41, 5.74) is 2.82.